The minimum atomic E-state index is -0.417. The van der Waals surface area contributed by atoms with Gasteiger partial charge in [0.15, 0.2) is 5.78 Å². The van der Waals surface area contributed by atoms with E-state index in [9.17, 15) is 9.90 Å². The van der Waals surface area contributed by atoms with E-state index in [0.717, 1.165) is 11.3 Å². The van der Waals surface area contributed by atoms with Crippen LogP contribution in [0.2, 0.25) is 0 Å². The molecule has 0 aliphatic heterocycles. The van der Waals surface area contributed by atoms with Crippen molar-refractivity contribution in [3.05, 3.63) is 114 Å². The molecule has 4 heteroatoms. The first-order chi connectivity index (χ1) is 19.5. The van der Waals surface area contributed by atoms with Crippen LogP contribution in [-0.4, -0.2) is 15.9 Å². The fourth-order valence-electron chi connectivity index (χ4n) is 6.29. The Labute approximate surface area is 272 Å². The number of allylic oxidation sites excluding steroid dienone is 2. The van der Waals surface area contributed by atoms with Gasteiger partial charge in [-0.1, -0.05) is 112 Å². The minimum absolute atomic E-state index is 0. The molecule has 1 aromatic heterocycles. The molecule has 1 unspecified atom stereocenters. The van der Waals surface area contributed by atoms with Crippen LogP contribution in [-0.2, 0) is 35.7 Å². The zero-order valence-corrected chi connectivity index (χ0v) is 29.7. The summed E-state index contributed by atoms with van der Waals surface area (Å²) in [5.41, 5.74) is 5.69. The second-order valence-electron chi connectivity index (χ2n) is 14.7. The fraction of sp³-hybridized carbons (Fsp3) is 0.385. The number of benzene rings is 3. The number of ketones is 1. The molecule has 5 rings (SSSR count). The van der Waals surface area contributed by atoms with E-state index in [1.54, 1.807) is 0 Å². The number of hydrogen-bond acceptors (Lipinski definition) is 3. The van der Waals surface area contributed by atoms with Gasteiger partial charge in [0, 0.05) is 49.1 Å². The van der Waals surface area contributed by atoms with Crippen molar-refractivity contribution in [2.75, 3.05) is 0 Å². The van der Waals surface area contributed by atoms with E-state index in [4.69, 9.17) is 4.98 Å². The molecule has 1 radical (unpaired) electrons. The second kappa shape index (κ2) is 12.5. The molecule has 0 saturated carbocycles. The summed E-state index contributed by atoms with van der Waals surface area (Å²) in [5.74, 6) is 0.523. The van der Waals surface area contributed by atoms with Gasteiger partial charge in [0.25, 0.3) is 0 Å². The van der Waals surface area contributed by atoms with Gasteiger partial charge in [0.2, 0.25) is 0 Å². The van der Waals surface area contributed by atoms with Crippen LogP contribution in [0.15, 0.2) is 90.8 Å². The Kier molecular flexibility index (Phi) is 10.0. The molecular weight excluding hydrogens is 707 g/mol. The molecule has 0 amide bonds. The van der Waals surface area contributed by atoms with Crippen LogP contribution >= 0.6 is 0 Å². The number of pyridine rings is 1. The average molecular weight is 753 g/mol. The number of aliphatic hydroxyl groups is 1. The van der Waals surface area contributed by atoms with Gasteiger partial charge in [-0.05, 0) is 50.1 Å². The molecule has 0 saturated heterocycles. The molecule has 1 atom stereocenters. The van der Waals surface area contributed by atoms with Crippen molar-refractivity contribution in [3.63, 3.8) is 0 Å². The molecule has 1 heterocycles. The molecule has 0 fully saturated rings. The van der Waals surface area contributed by atoms with Crippen molar-refractivity contribution in [3.8, 4) is 11.3 Å². The SMILES string of the molecule is CC(C)(C)C(=O)/C=C(\O)C(C)(C)C.CC1(C)c2cc3ccnc(-c4[c-]cccc4)c3cc2C(C)(C)C1c1ccccc1.[Ir]. The predicted molar refractivity (Wildman–Crippen MR) is 176 cm³/mol. The monoisotopic (exact) mass is 753 g/mol. The van der Waals surface area contributed by atoms with Crippen molar-refractivity contribution in [2.24, 2.45) is 10.8 Å². The van der Waals surface area contributed by atoms with Gasteiger partial charge in [-0.2, -0.15) is 0 Å². The van der Waals surface area contributed by atoms with Crippen molar-refractivity contribution in [1.29, 1.82) is 0 Å². The summed E-state index contributed by atoms with van der Waals surface area (Å²) >= 11 is 0. The molecule has 4 aromatic rings. The van der Waals surface area contributed by atoms with Gasteiger partial charge < -0.3 is 10.1 Å². The fourth-order valence-corrected chi connectivity index (χ4v) is 6.29. The maximum atomic E-state index is 11.5. The molecular formula is C39H46IrNO2-. The zero-order valence-electron chi connectivity index (χ0n) is 27.3. The van der Waals surface area contributed by atoms with E-state index in [0.29, 0.717) is 5.92 Å². The normalized spacial score (nSPS) is 17.3. The summed E-state index contributed by atoms with van der Waals surface area (Å²) in [6.07, 6.45) is 3.26. The standard InChI is InChI=1S/C28H26N.C11H20O2.Ir/c1-27(2)23-17-21-15-16-29-25(19-11-7-5-8-12-19)22(21)18-24(23)28(3,4)26(27)20-13-9-6-10-14-20;1-10(2,3)8(12)7-9(13)11(4,5)6;/h5-11,13-18,26H,1-4H3;7,12H,1-6H3;/q-1;;/b;8-7-;. The van der Waals surface area contributed by atoms with Gasteiger partial charge >= 0.3 is 0 Å². The van der Waals surface area contributed by atoms with Crippen LogP contribution in [0.25, 0.3) is 22.0 Å². The quantitative estimate of drug-likeness (QED) is 0.129. The second-order valence-corrected chi connectivity index (χ2v) is 14.7. The van der Waals surface area contributed by atoms with E-state index in [2.05, 4.69) is 94.4 Å². The number of rotatable bonds is 3. The van der Waals surface area contributed by atoms with E-state index in [1.165, 1.54) is 33.5 Å². The van der Waals surface area contributed by atoms with Crippen LogP contribution in [0.4, 0.5) is 0 Å². The number of aliphatic hydroxyl groups excluding tert-OH is 1. The van der Waals surface area contributed by atoms with Crippen molar-refractivity contribution < 1.29 is 30.0 Å². The Morgan fingerprint density at radius 1 is 0.837 bits per heavy atom. The number of carbonyl (C=O) groups excluding carboxylic acids is 1. The Balaban J connectivity index is 0.000000310. The molecule has 1 N–H and O–H groups in total. The summed E-state index contributed by atoms with van der Waals surface area (Å²) < 4.78 is 0. The molecule has 0 bridgehead atoms. The third kappa shape index (κ3) is 7.03. The number of nitrogens with zero attached hydrogens (tertiary/aromatic N) is 1. The molecule has 1 aliphatic carbocycles. The molecule has 3 aromatic carbocycles. The maximum Gasteiger partial charge on any atom is 0.164 e. The molecule has 43 heavy (non-hydrogen) atoms. The van der Waals surface area contributed by atoms with E-state index in [1.807, 2.05) is 59.9 Å². The minimum Gasteiger partial charge on any atom is -0.512 e. The Morgan fingerprint density at radius 2 is 1.42 bits per heavy atom. The van der Waals surface area contributed by atoms with Crippen molar-refractivity contribution in [1.82, 2.24) is 4.98 Å². The van der Waals surface area contributed by atoms with E-state index >= 15 is 0 Å². The van der Waals surface area contributed by atoms with E-state index < -0.39 is 5.41 Å². The summed E-state index contributed by atoms with van der Waals surface area (Å²) in [7, 11) is 0. The largest absolute Gasteiger partial charge is 0.512 e. The van der Waals surface area contributed by atoms with Crippen LogP contribution in [0.1, 0.15) is 91.8 Å². The summed E-state index contributed by atoms with van der Waals surface area (Å²) in [6.45, 7) is 20.7. The first-order valence-corrected chi connectivity index (χ1v) is 14.9. The van der Waals surface area contributed by atoms with Gasteiger partial charge in [-0.3, -0.25) is 4.79 Å². The third-order valence-electron chi connectivity index (χ3n) is 8.61. The summed E-state index contributed by atoms with van der Waals surface area (Å²) in [5, 5.41) is 12.0. The third-order valence-corrected chi connectivity index (χ3v) is 8.61. The summed E-state index contributed by atoms with van der Waals surface area (Å²) in [4.78, 5) is 16.2. The zero-order chi connectivity index (χ0) is 31.1. The van der Waals surface area contributed by atoms with Gasteiger partial charge in [0.05, 0.1) is 0 Å². The molecule has 0 spiro atoms. The average Bonchev–Trinajstić information content (AvgIpc) is 3.07. The number of fused-ring (bicyclic) bond motifs is 2. The van der Waals surface area contributed by atoms with E-state index in [-0.39, 0.29) is 47.9 Å². The smallest absolute Gasteiger partial charge is 0.164 e. The van der Waals surface area contributed by atoms with Crippen LogP contribution in [0.3, 0.4) is 0 Å². The van der Waals surface area contributed by atoms with Crippen molar-refractivity contribution in [2.45, 2.75) is 86.0 Å². The number of aromatic nitrogens is 1. The Bertz CT molecular complexity index is 1600. The van der Waals surface area contributed by atoms with Crippen LogP contribution in [0.5, 0.6) is 0 Å². The van der Waals surface area contributed by atoms with Gasteiger partial charge in [0.1, 0.15) is 5.76 Å². The maximum absolute atomic E-state index is 11.5. The van der Waals surface area contributed by atoms with Crippen LogP contribution < -0.4 is 0 Å². The molecule has 3 nitrogen and oxygen atoms in total. The molecule has 1 aliphatic rings. The Hall–Kier alpha value is -3.07. The summed E-state index contributed by atoms with van der Waals surface area (Å²) in [6, 6.07) is 29.4. The first kappa shape index (κ1) is 34.4. The van der Waals surface area contributed by atoms with Gasteiger partial charge in [-0.25, -0.2) is 0 Å². The number of hydrogen-bond donors (Lipinski definition) is 1. The first-order valence-electron chi connectivity index (χ1n) is 14.9. The predicted octanol–water partition coefficient (Wildman–Crippen LogP) is 10.1. The Morgan fingerprint density at radius 3 is 1.95 bits per heavy atom. The van der Waals surface area contributed by atoms with Crippen molar-refractivity contribution >= 4 is 16.6 Å². The topological polar surface area (TPSA) is 50.2 Å². The van der Waals surface area contributed by atoms with Gasteiger partial charge in [-0.15, -0.1) is 35.9 Å². The molecule has 229 valence electrons. The van der Waals surface area contributed by atoms with Crippen LogP contribution in [0, 0.1) is 16.9 Å². The number of carbonyl (C=O) groups is 1.